The summed E-state index contributed by atoms with van der Waals surface area (Å²) in [6, 6.07) is 9.17. The number of aryl methyl sites for hydroxylation is 1. The molecular formula is C15H16N2O2. The Labute approximate surface area is 112 Å². The Balaban J connectivity index is 2.18. The van der Waals surface area contributed by atoms with Gasteiger partial charge in [-0.3, -0.25) is 4.79 Å². The monoisotopic (exact) mass is 256 g/mol. The number of carbonyl (C=O) groups excluding carboxylic acids is 1. The zero-order valence-electron chi connectivity index (χ0n) is 11.2. The van der Waals surface area contributed by atoms with Crippen molar-refractivity contribution >= 4 is 11.6 Å². The molecule has 0 saturated carbocycles. The molecule has 0 spiro atoms. The largest absolute Gasteiger partial charge is 0.481 e. The fraction of sp³-hybridized carbons (Fsp3) is 0.200. The molecule has 0 aliphatic carbocycles. The summed E-state index contributed by atoms with van der Waals surface area (Å²) in [6.45, 7) is 4.00. The third-order valence-electron chi connectivity index (χ3n) is 3.06. The van der Waals surface area contributed by atoms with E-state index in [1.54, 1.807) is 12.1 Å². The number of amides is 1. The van der Waals surface area contributed by atoms with Gasteiger partial charge in [0, 0.05) is 18.0 Å². The van der Waals surface area contributed by atoms with E-state index in [4.69, 9.17) is 4.74 Å². The second kappa shape index (κ2) is 5.52. The van der Waals surface area contributed by atoms with Crippen molar-refractivity contribution < 1.29 is 9.53 Å². The summed E-state index contributed by atoms with van der Waals surface area (Å²) in [5.41, 5.74) is 3.53. The number of carbonyl (C=O) groups is 1. The van der Waals surface area contributed by atoms with Gasteiger partial charge < -0.3 is 10.1 Å². The zero-order valence-corrected chi connectivity index (χ0v) is 11.2. The molecule has 0 saturated heterocycles. The Morgan fingerprint density at radius 2 is 2.00 bits per heavy atom. The highest BCUT2D eigenvalue weighted by atomic mass is 16.5. The lowest BCUT2D eigenvalue weighted by Gasteiger charge is -2.10. The van der Waals surface area contributed by atoms with Crippen molar-refractivity contribution in [2.75, 3.05) is 12.4 Å². The lowest BCUT2D eigenvalue weighted by Crippen LogP contribution is -2.13. The standard InChI is InChI=1S/C15H16N2O2/c1-10-5-4-6-13(11(10)2)17-15(18)12-7-8-14(19-3)16-9-12/h4-9H,1-3H3,(H,17,18). The number of ether oxygens (including phenoxy) is 1. The van der Waals surface area contributed by atoms with Crippen LogP contribution >= 0.6 is 0 Å². The molecule has 0 bridgehead atoms. The molecule has 2 rings (SSSR count). The maximum absolute atomic E-state index is 12.1. The number of aromatic nitrogens is 1. The van der Waals surface area contributed by atoms with Crippen LogP contribution in [0.4, 0.5) is 5.69 Å². The summed E-state index contributed by atoms with van der Waals surface area (Å²) >= 11 is 0. The average molecular weight is 256 g/mol. The van der Waals surface area contributed by atoms with Gasteiger partial charge >= 0.3 is 0 Å². The quantitative estimate of drug-likeness (QED) is 0.918. The van der Waals surface area contributed by atoms with E-state index in [1.165, 1.54) is 13.3 Å². The fourth-order valence-electron chi connectivity index (χ4n) is 1.72. The Bertz CT molecular complexity index is 592. The van der Waals surface area contributed by atoms with Gasteiger partial charge in [0.1, 0.15) is 0 Å². The van der Waals surface area contributed by atoms with Gasteiger partial charge in [0.05, 0.1) is 12.7 Å². The van der Waals surface area contributed by atoms with Crippen LogP contribution in [0.3, 0.4) is 0 Å². The van der Waals surface area contributed by atoms with Gasteiger partial charge in [0.2, 0.25) is 5.88 Å². The normalized spacial score (nSPS) is 10.1. The summed E-state index contributed by atoms with van der Waals surface area (Å²) < 4.78 is 4.96. The number of benzene rings is 1. The molecule has 0 atom stereocenters. The Morgan fingerprint density at radius 1 is 1.21 bits per heavy atom. The van der Waals surface area contributed by atoms with E-state index in [-0.39, 0.29) is 5.91 Å². The van der Waals surface area contributed by atoms with Crippen molar-refractivity contribution in [1.82, 2.24) is 4.98 Å². The maximum Gasteiger partial charge on any atom is 0.257 e. The van der Waals surface area contributed by atoms with Crippen molar-refractivity contribution in [3.05, 3.63) is 53.2 Å². The van der Waals surface area contributed by atoms with Gasteiger partial charge in [-0.05, 0) is 37.1 Å². The van der Waals surface area contributed by atoms with Gasteiger partial charge in [0.25, 0.3) is 5.91 Å². The van der Waals surface area contributed by atoms with E-state index in [0.717, 1.165) is 16.8 Å². The molecule has 0 aliphatic rings. The van der Waals surface area contributed by atoms with Crippen molar-refractivity contribution in [3.63, 3.8) is 0 Å². The minimum Gasteiger partial charge on any atom is -0.481 e. The number of anilines is 1. The maximum atomic E-state index is 12.1. The van der Waals surface area contributed by atoms with Crippen LogP contribution < -0.4 is 10.1 Å². The van der Waals surface area contributed by atoms with Gasteiger partial charge in [-0.15, -0.1) is 0 Å². The second-order valence-electron chi connectivity index (χ2n) is 4.29. The second-order valence-corrected chi connectivity index (χ2v) is 4.29. The summed E-state index contributed by atoms with van der Waals surface area (Å²) in [4.78, 5) is 16.1. The molecule has 0 unspecified atom stereocenters. The highest BCUT2D eigenvalue weighted by Crippen LogP contribution is 2.19. The van der Waals surface area contributed by atoms with Crippen LogP contribution in [-0.4, -0.2) is 18.0 Å². The third-order valence-corrected chi connectivity index (χ3v) is 3.06. The molecule has 0 fully saturated rings. The Kier molecular flexibility index (Phi) is 3.80. The van der Waals surface area contributed by atoms with Crippen molar-refractivity contribution in [3.8, 4) is 5.88 Å². The van der Waals surface area contributed by atoms with E-state index < -0.39 is 0 Å². The van der Waals surface area contributed by atoms with Gasteiger partial charge in [-0.25, -0.2) is 4.98 Å². The van der Waals surface area contributed by atoms with Crippen LogP contribution in [0.25, 0.3) is 0 Å². The number of nitrogens with zero attached hydrogens (tertiary/aromatic N) is 1. The Hall–Kier alpha value is -2.36. The average Bonchev–Trinajstić information content (AvgIpc) is 2.44. The highest BCUT2D eigenvalue weighted by molar-refractivity contribution is 6.04. The minimum atomic E-state index is -0.177. The minimum absolute atomic E-state index is 0.177. The van der Waals surface area contributed by atoms with E-state index in [2.05, 4.69) is 10.3 Å². The first kappa shape index (κ1) is 13.1. The van der Waals surface area contributed by atoms with E-state index in [9.17, 15) is 4.79 Å². The Morgan fingerprint density at radius 3 is 2.63 bits per heavy atom. The van der Waals surface area contributed by atoms with Crippen LogP contribution in [0.5, 0.6) is 5.88 Å². The zero-order chi connectivity index (χ0) is 13.8. The third kappa shape index (κ3) is 2.91. The number of rotatable bonds is 3. The first-order chi connectivity index (χ1) is 9.11. The first-order valence-electron chi connectivity index (χ1n) is 5.99. The number of nitrogens with one attached hydrogen (secondary N) is 1. The SMILES string of the molecule is COc1ccc(C(=O)Nc2cccc(C)c2C)cn1. The molecule has 1 aromatic heterocycles. The fourth-order valence-corrected chi connectivity index (χ4v) is 1.72. The lowest BCUT2D eigenvalue weighted by molar-refractivity contribution is 0.102. The number of hydrogen-bond donors (Lipinski definition) is 1. The van der Waals surface area contributed by atoms with Gasteiger partial charge in [-0.2, -0.15) is 0 Å². The molecule has 1 heterocycles. The molecular weight excluding hydrogens is 240 g/mol. The number of methoxy groups -OCH3 is 1. The van der Waals surface area contributed by atoms with E-state index >= 15 is 0 Å². The first-order valence-corrected chi connectivity index (χ1v) is 5.99. The predicted molar refractivity (Wildman–Crippen MR) is 74.7 cm³/mol. The number of hydrogen-bond acceptors (Lipinski definition) is 3. The molecule has 1 N–H and O–H groups in total. The topological polar surface area (TPSA) is 51.2 Å². The molecule has 0 radical (unpaired) electrons. The molecule has 1 amide bonds. The smallest absolute Gasteiger partial charge is 0.257 e. The molecule has 4 heteroatoms. The predicted octanol–water partition coefficient (Wildman–Crippen LogP) is 2.96. The summed E-state index contributed by atoms with van der Waals surface area (Å²) in [5, 5.41) is 2.89. The van der Waals surface area contributed by atoms with Gasteiger partial charge in [0.15, 0.2) is 0 Å². The number of pyridine rings is 1. The van der Waals surface area contributed by atoms with Crippen molar-refractivity contribution in [2.45, 2.75) is 13.8 Å². The summed E-state index contributed by atoms with van der Waals surface area (Å²) in [6.07, 6.45) is 1.50. The van der Waals surface area contributed by atoms with Crippen LogP contribution in [0.2, 0.25) is 0 Å². The molecule has 19 heavy (non-hydrogen) atoms. The van der Waals surface area contributed by atoms with E-state index in [1.807, 2.05) is 32.0 Å². The highest BCUT2D eigenvalue weighted by Gasteiger charge is 2.09. The van der Waals surface area contributed by atoms with Crippen molar-refractivity contribution in [2.24, 2.45) is 0 Å². The summed E-state index contributed by atoms with van der Waals surface area (Å²) in [7, 11) is 1.54. The van der Waals surface area contributed by atoms with E-state index in [0.29, 0.717) is 11.4 Å². The van der Waals surface area contributed by atoms with Crippen LogP contribution in [-0.2, 0) is 0 Å². The van der Waals surface area contributed by atoms with Crippen LogP contribution in [0.1, 0.15) is 21.5 Å². The molecule has 2 aromatic rings. The molecule has 0 aliphatic heterocycles. The molecule has 98 valence electrons. The summed E-state index contributed by atoms with van der Waals surface area (Å²) in [5.74, 6) is 0.312. The van der Waals surface area contributed by atoms with Crippen LogP contribution in [0.15, 0.2) is 36.5 Å². The molecule has 1 aromatic carbocycles. The molecule has 4 nitrogen and oxygen atoms in total. The lowest BCUT2D eigenvalue weighted by atomic mass is 10.1. The van der Waals surface area contributed by atoms with Gasteiger partial charge in [-0.1, -0.05) is 12.1 Å². The van der Waals surface area contributed by atoms with Crippen LogP contribution in [0, 0.1) is 13.8 Å². The van der Waals surface area contributed by atoms with Crippen molar-refractivity contribution in [1.29, 1.82) is 0 Å².